The van der Waals surface area contributed by atoms with E-state index in [1.54, 1.807) is 30.3 Å². The zero-order chi connectivity index (χ0) is 30.2. The molecule has 5 N–H and O–H groups in total. The maximum atomic E-state index is 13.1. The van der Waals surface area contributed by atoms with Crippen LogP contribution in [-0.2, 0) is 35.3 Å². The lowest BCUT2D eigenvalue weighted by atomic mass is 9.85. The number of benzene rings is 2. The summed E-state index contributed by atoms with van der Waals surface area (Å²) in [5, 5.41) is 11.7. The second kappa shape index (κ2) is 15.3. The topological polar surface area (TPSA) is 165 Å². The minimum Gasteiger partial charge on any atom is -0.480 e. The van der Waals surface area contributed by atoms with Crippen molar-refractivity contribution in [3.8, 4) is 0 Å². The van der Waals surface area contributed by atoms with Crippen LogP contribution in [0.15, 0.2) is 59.5 Å². The van der Waals surface area contributed by atoms with E-state index in [1.165, 1.54) is 0 Å². The Morgan fingerprint density at radius 2 is 1.60 bits per heavy atom. The Morgan fingerprint density at radius 3 is 2.14 bits per heavy atom. The lowest BCUT2D eigenvalue weighted by Gasteiger charge is -2.29. The van der Waals surface area contributed by atoms with Gasteiger partial charge in [-0.05, 0) is 61.9 Å². The molecule has 15 heteroatoms. The third-order valence-corrected chi connectivity index (χ3v) is 8.35. The molecule has 1 amide bonds. The number of nitrogens with two attached hydrogens (primary N) is 1. The fourth-order valence-electron chi connectivity index (χ4n) is 4.43. The predicted molar refractivity (Wildman–Crippen MR) is 148 cm³/mol. The Labute approximate surface area is 247 Å². The van der Waals surface area contributed by atoms with Crippen molar-refractivity contribution >= 4 is 40.3 Å². The molecule has 3 rings (SSSR count). The summed E-state index contributed by atoms with van der Waals surface area (Å²) in [4.78, 5) is 35.8. The Hall–Kier alpha value is -3.20. The van der Waals surface area contributed by atoms with Crippen molar-refractivity contribution < 1.29 is 45.8 Å². The van der Waals surface area contributed by atoms with Crippen molar-refractivity contribution in [2.45, 2.75) is 67.7 Å². The quantitative estimate of drug-likeness (QED) is 0.257. The van der Waals surface area contributed by atoms with Gasteiger partial charge in [0.25, 0.3) is 0 Å². The number of carboxylic acids is 1. The normalized spacial score (nSPS) is 18.7. The number of rotatable bonds is 12. The Balaban J connectivity index is 0.00000616. The summed E-state index contributed by atoms with van der Waals surface area (Å²) in [6, 6.07) is 9.69. The van der Waals surface area contributed by atoms with E-state index < -0.39 is 57.7 Å². The zero-order valence-corrected chi connectivity index (χ0v) is 24.0. The van der Waals surface area contributed by atoms with E-state index in [9.17, 15) is 36.0 Å². The van der Waals surface area contributed by atoms with Gasteiger partial charge in [0.05, 0.1) is 16.5 Å². The maximum Gasteiger partial charge on any atom is 0.416 e. The van der Waals surface area contributed by atoms with E-state index in [0.29, 0.717) is 43.4 Å². The van der Waals surface area contributed by atoms with Crippen LogP contribution in [0.2, 0.25) is 0 Å². The lowest BCUT2D eigenvalue weighted by Crippen LogP contribution is -2.42. The van der Waals surface area contributed by atoms with Crippen LogP contribution in [0.4, 0.5) is 13.2 Å². The number of carbonyl (C=O) groups excluding carboxylic acids is 2. The summed E-state index contributed by atoms with van der Waals surface area (Å²) in [6.07, 6.45) is -3.47. The average molecular weight is 636 g/mol. The monoisotopic (exact) mass is 635 g/mol. The molecule has 0 spiro atoms. The van der Waals surface area contributed by atoms with Crippen LogP contribution in [0.3, 0.4) is 0 Å². The van der Waals surface area contributed by atoms with Gasteiger partial charge in [-0.15, -0.1) is 12.4 Å². The fraction of sp³-hybridized carbons (Fsp3) is 0.444. The van der Waals surface area contributed by atoms with Crippen LogP contribution in [0, 0.1) is 5.92 Å². The van der Waals surface area contributed by atoms with E-state index in [4.69, 9.17) is 15.6 Å². The predicted octanol–water partition coefficient (Wildman–Crippen LogP) is 3.56. The molecule has 0 bridgehead atoms. The largest absolute Gasteiger partial charge is 0.480 e. The zero-order valence-electron chi connectivity index (χ0n) is 22.4. The molecule has 2 aromatic rings. The van der Waals surface area contributed by atoms with Crippen LogP contribution in [-0.4, -0.2) is 50.1 Å². The second-order valence-electron chi connectivity index (χ2n) is 9.83. The maximum absolute atomic E-state index is 13.1. The molecule has 2 atom stereocenters. The van der Waals surface area contributed by atoms with E-state index >= 15 is 0 Å². The molecule has 0 unspecified atom stereocenters. The highest BCUT2D eigenvalue weighted by Gasteiger charge is 2.33. The number of aliphatic carboxylic acids is 1. The number of ether oxygens (including phenoxy) is 1. The van der Waals surface area contributed by atoms with Gasteiger partial charge in [0.1, 0.15) is 12.6 Å². The number of hydrogen-bond donors (Lipinski definition) is 4. The summed E-state index contributed by atoms with van der Waals surface area (Å²) >= 11 is 0. The second-order valence-corrected chi connectivity index (χ2v) is 11.5. The number of sulfonamides is 1. The third-order valence-electron chi connectivity index (χ3n) is 6.82. The molecule has 0 aromatic heterocycles. The van der Waals surface area contributed by atoms with Crippen LogP contribution in [0.1, 0.15) is 55.7 Å². The van der Waals surface area contributed by atoms with E-state index in [-0.39, 0.29) is 42.7 Å². The summed E-state index contributed by atoms with van der Waals surface area (Å²) in [5.74, 6) is -2.61. The smallest absolute Gasteiger partial charge is 0.416 e. The number of nitrogens with one attached hydrogen (secondary N) is 2. The van der Waals surface area contributed by atoms with Gasteiger partial charge in [-0.1, -0.05) is 30.3 Å². The molecular weight excluding hydrogens is 603 g/mol. The first-order chi connectivity index (χ1) is 19.3. The highest BCUT2D eigenvalue weighted by Crippen LogP contribution is 2.30. The summed E-state index contributed by atoms with van der Waals surface area (Å²) < 4.78 is 71.5. The summed E-state index contributed by atoms with van der Waals surface area (Å²) in [7, 11) is -4.05. The molecule has 0 aliphatic heterocycles. The summed E-state index contributed by atoms with van der Waals surface area (Å²) in [5.41, 5.74) is 5.15. The van der Waals surface area contributed by atoms with Gasteiger partial charge in [-0.3, -0.25) is 14.4 Å². The van der Waals surface area contributed by atoms with Gasteiger partial charge in [0.15, 0.2) is 0 Å². The molecule has 10 nitrogen and oxygen atoms in total. The van der Waals surface area contributed by atoms with Gasteiger partial charge in [-0.2, -0.15) is 13.2 Å². The Kier molecular flexibility index (Phi) is 12.8. The highest BCUT2D eigenvalue weighted by atomic mass is 35.5. The number of alkyl halides is 3. The molecule has 232 valence electrons. The molecule has 0 radical (unpaired) electrons. The van der Waals surface area contributed by atoms with E-state index in [1.807, 2.05) is 0 Å². The van der Waals surface area contributed by atoms with Crippen LogP contribution < -0.4 is 15.8 Å². The molecule has 0 saturated heterocycles. The van der Waals surface area contributed by atoms with Crippen molar-refractivity contribution in [2.75, 3.05) is 6.61 Å². The van der Waals surface area contributed by atoms with Crippen LogP contribution in [0.25, 0.3) is 0 Å². The van der Waals surface area contributed by atoms with Gasteiger partial charge >= 0.3 is 18.1 Å². The number of carboxylic acid groups (broad SMARTS) is 1. The number of hydrogen-bond acceptors (Lipinski definition) is 7. The fourth-order valence-corrected chi connectivity index (χ4v) is 5.73. The number of carbonyl (C=O) groups is 3. The third kappa shape index (κ3) is 10.3. The standard InChI is InChI=1S/C27H32F3N3O7S.ClH/c28-27(29,30)19-8-12-21(13-9-19)41(38,39)33-20-10-6-18(7-11-20)25(35)32-23(17-4-2-1-3-5-17)16-40-24(34)15-14-22(31)26(36)37;/h1-5,8-9,12-13,18,20,22-23,33H,6-7,10-11,14-16,31H2,(H,32,35)(H,36,37);1H/t18-,20-,22-,23-;/m1./s1. The van der Waals surface area contributed by atoms with Crippen LogP contribution in [0.5, 0.6) is 0 Å². The van der Waals surface area contributed by atoms with E-state index in [2.05, 4.69) is 10.0 Å². The molecule has 1 aliphatic carbocycles. The van der Waals surface area contributed by atoms with Crippen molar-refractivity contribution in [1.82, 2.24) is 10.0 Å². The Morgan fingerprint density at radius 1 is 1.00 bits per heavy atom. The highest BCUT2D eigenvalue weighted by molar-refractivity contribution is 7.89. The van der Waals surface area contributed by atoms with Crippen LogP contribution >= 0.6 is 12.4 Å². The van der Waals surface area contributed by atoms with Gasteiger partial charge in [-0.25, -0.2) is 13.1 Å². The SMILES string of the molecule is Cl.N[C@H](CCC(=O)OC[C@@H](NC(=O)[C@H]1CC[C@H](NS(=O)(=O)c2ccc(C(F)(F)F)cc2)CC1)c1ccccc1)C(=O)O. The van der Waals surface area contributed by atoms with Crippen molar-refractivity contribution in [2.24, 2.45) is 11.7 Å². The van der Waals surface area contributed by atoms with Crippen molar-refractivity contribution in [3.05, 3.63) is 65.7 Å². The molecule has 1 fully saturated rings. The van der Waals surface area contributed by atoms with Gasteiger partial charge in [0, 0.05) is 18.4 Å². The van der Waals surface area contributed by atoms with Crippen molar-refractivity contribution in [1.29, 1.82) is 0 Å². The molecule has 42 heavy (non-hydrogen) atoms. The first-order valence-corrected chi connectivity index (χ1v) is 14.4. The van der Waals surface area contributed by atoms with Gasteiger partial charge in [0.2, 0.25) is 15.9 Å². The lowest BCUT2D eigenvalue weighted by molar-refractivity contribution is -0.146. The first-order valence-electron chi connectivity index (χ1n) is 12.9. The summed E-state index contributed by atoms with van der Waals surface area (Å²) in [6.45, 7) is -0.181. The Bertz CT molecular complexity index is 1300. The molecule has 1 saturated carbocycles. The molecular formula is C27H33ClF3N3O7S. The number of halogens is 4. The first kappa shape index (κ1) is 35.0. The minimum atomic E-state index is -4.58. The molecule has 0 heterocycles. The molecule has 1 aliphatic rings. The van der Waals surface area contributed by atoms with Gasteiger partial charge < -0.3 is 20.9 Å². The number of esters is 1. The molecule has 2 aromatic carbocycles. The average Bonchev–Trinajstić information content (AvgIpc) is 2.94. The van der Waals surface area contributed by atoms with Crippen molar-refractivity contribution in [3.63, 3.8) is 0 Å². The number of amides is 1. The van der Waals surface area contributed by atoms with E-state index in [0.717, 1.165) is 12.1 Å². The minimum absolute atomic E-state index is 0.